The standard InChI is InChI=1S/C14H17ClFNO2/c15-12-8-10(5-6-13(12)16)14(19)17-7-3-1-2-4-11(17)9-18/h5-6,8,11,18H,1-4,7,9H2. The van der Waals surface area contributed by atoms with Crippen LogP contribution in [0, 0.1) is 5.82 Å². The highest BCUT2D eigenvalue weighted by atomic mass is 35.5. The van der Waals surface area contributed by atoms with Crippen LogP contribution in [0.3, 0.4) is 0 Å². The first kappa shape index (κ1) is 14.3. The number of hydrogen-bond acceptors (Lipinski definition) is 2. The summed E-state index contributed by atoms with van der Waals surface area (Å²) in [6, 6.07) is 3.82. The quantitative estimate of drug-likeness (QED) is 0.908. The zero-order chi connectivity index (χ0) is 13.8. The van der Waals surface area contributed by atoms with Gasteiger partial charge < -0.3 is 10.0 Å². The van der Waals surface area contributed by atoms with Crippen LogP contribution < -0.4 is 0 Å². The molecule has 1 N–H and O–H groups in total. The van der Waals surface area contributed by atoms with Crippen LogP contribution in [0.25, 0.3) is 0 Å². The average molecular weight is 286 g/mol. The number of halogens is 2. The van der Waals surface area contributed by atoms with E-state index in [0.29, 0.717) is 12.1 Å². The van der Waals surface area contributed by atoms with Gasteiger partial charge in [-0.1, -0.05) is 24.4 Å². The zero-order valence-electron chi connectivity index (χ0n) is 10.6. The summed E-state index contributed by atoms with van der Waals surface area (Å²) in [7, 11) is 0. The maximum Gasteiger partial charge on any atom is 0.254 e. The van der Waals surface area contributed by atoms with E-state index < -0.39 is 5.82 Å². The molecule has 0 aliphatic carbocycles. The molecular weight excluding hydrogens is 269 g/mol. The van der Waals surface area contributed by atoms with Gasteiger partial charge in [0.25, 0.3) is 5.91 Å². The monoisotopic (exact) mass is 285 g/mol. The van der Waals surface area contributed by atoms with Crippen molar-refractivity contribution in [2.24, 2.45) is 0 Å². The zero-order valence-corrected chi connectivity index (χ0v) is 11.4. The Labute approximate surface area is 117 Å². The molecule has 19 heavy (non-hydrogen) atoms. The van der Waals surface area contributed by atoms with E-state index in [-0.39, 0.29) is 23.6 Å². The fourth-order valence-electron chi connectivity index (χ4n) is 2.43. The van der Waals surface area contributed by atoms with Gasteiger partial charge in [-0.3, -0.25) is 4.79 Å². The summed E-state index contributed by atoms with van der Waals surface area (Å²) in [5, 5.41) is 9.35. The molecule has 2 rings (SSSR count). The van der Waals surface area contributed by atoms with Gasteiger partial charge in [0.1, 0.15) is 5.82 Å². The summed E-state index contributed by atoms with van der Waals surface area (Å²) in [6.07, 6.45) is 3.80. The Kier molecular flexibility index (Phi) is 4.77. The number of benzene rings is 1. The van der Waals surface area contributed by atoms with E-state index in [1.165, 1.54) is 18.2 Å². The lowest BCUT2D eigenvalue weighted by molar-refractivity contribution is 0.0600. The molecule has 0 saturated carbocycles. The topological polar surface area (TPSA) is 40.5 Å². The first-order valence-corrected chi connectivity index (χ1v) is 6.88. The molecule has 1 aromatic carbocycles. The lowest BCUT2D eigenvalue weighted by Gasteiger charge is -2.28. The predicted octanol–water partition coefficient (Wildman–Crippen LogP) is 2.86. The molecule has 104 valence electrons. The Morgan fingerprint density at radius 3 is 2.89 bits per heavy atom. The van der Waals surface area contributed by atoms with Crippen LogP contribution in [0.15, 0.2) is 18.2 Å². The van der Waals surface area contributed by atoms with Crippen LogP contribution in [0.4, 0.5) is 4.39 Å². The van der Waals surface area contributed by atoms with Gasteiger partial charge in [0.05, 0.1) is 17.7 Å². The van der Waals surface area contributed by atoms with Gasteiger partial charge in [-0.2, -0.15) is 0 Å². The molecule has 1 saturated heterocycles. The Balaban J connectivity index is 2.22. The fourth-order valence-corrected chi connectivity index (χ4v) is 2.61. The third-order valence-corrected chi connectivity index (χ3v) is 3.80. The summed E-state index contributed by atoms with van der Waals surface area (Å²) < 4.78 is 13.1. The minimum atomic E-state index is -0.534. The molecule has 0 aromatic heterocycles. The minimum absolute atomic E-state index is 0.0410. The summed E-state index contributed by atoms with van der Waals surface area (Å²) in [5.74, 6) is -0.726. The van der Waals surface area contributed by atoms with Crippen LogP contribution in [-0.4, -0.2) is 35.1 Å². The normalized spacial score (nSPS) is 20.2. The van der Waals surface area contributed by atoms with Crippen LogP contribution >= 0.6 is 11.6 Å². The van der Waals surface area contributed by atoms with Crippen molar-refractivity contribution in [3.8, 4) is 0 Å². The number of likely N-dealkylation sites (tertiary alicyclic amines) is 1. The van der Waals surface area contributed by atoms with E-state index in [0.717, 1.165) is 25.7 Å². The third-order valence-electron chi connectivity index (χ3n) is 3.52. The van der Waals surface area contributed by atoms with Crippen molar-refractivity contribution in [2.75, 3.05) is 13.2 Å². The molecule has 3 nitrogen and oxygen atoms in total. The highest BCUT2D eigenvalue weighted by Gasteiger charge is 2.26. The summed E-state index contributed by atoms with van der Waals surface area (Å²) in [4.78, 5) is 14.1. The van der Waals surface area contributed by atoms with Crippen molar-refractivity contribution in [1.29, 1.82) is 0 Å². The van der Waals surface area contributed by atoms with E-state index in [1.807, 2.05) is 0 Å². The number of amides is 1. The fraction of sp³-hybridized carbons (Fsp3) is 0.500. The van der Waals surface area contributed by atoms with E-state index in [2.05, 4.69) is 0 Å². The first-order valence-electron chi connectivity index (χ1n) is 6.50. The summed E-state index contributed by atoms with van der Waals surface area (Å²) in [6.45, 7) is 0.583. The lowest BCUT2D eigenvalue weighted by Crippen LogP contribution is -2.42. The van der Waals surface area contributed by atoms with Gasteiger partial charge in [-0.05, 0) is 31.0 Å². The molecule has 1 heterocycles. The SMILES string of the molecule is O=C(c1ccc(F)c(Cl)c1)N1CCCCCC1CO. The molecule has 1 aliphatic heterocycles. The average Bonchev–Trinajstić information content (AvgIpc) is 2.66. The van der Waals surface area contributed by atoms with Crippen molar-refractivity contribution >= 4 is 17.5 Å². The number of nitrogens with zero attached hydrogens (tertiary/aromatic N) is 1. The smallest absolute Gasteiger partial charge is 0.254 e. The second-order valence-corrected chi connectivity index (χ2v) is 5.22. The van der Waals surface area contributed by atoms with Gasteiger partial charge >= 0.3 is 0 Å². The van der Waals surface area contributed by atoms with E-state index in [4.69, 9.17) is 11.6 Å². The van der Waals surface area contributed by atoms with Gasteiger partial charge in [0, 0.05) is 12.1 Å². The third kappa shape index (κ3) is 3.25. The summed E-state index contributed by atoms with van der Waals surface area (Å²) in [5.41, 5.74) is 0.367. The highest BCUT2D eigenvalue weighted by molar-refractivity contribution is 6.31. The number of carbonyl (C=O) groups excluding carboxylic acids is 1. The van der Waals surface area contributed by atoms with Crippen molar-refractivity contribution in [1.82, 2.24) is 4.90 Å². The van der Waals surface area contributed by atoms with E-state index >= 15 is 0 Å². The molecule has 1 aromatic rings. The molecule has 0 spiro atoms. The summed E-state index contributed by atoms with van der Waals surface area (Å²) >= 11 is 5.70. The molecule has 1 atom stereocenters. The largest absolute Gasteiger partial charge is 0.394 e. The number of rotatable bonds is 2. The Bertz CT molecular complexity index is 467. The molecule has 1 aliphatic rings. The number of carbonyl (C=O) groups is 1. The molecule has 1 unspecified atom stereocenters. The van der Waals surface area contributed by atoms with Gasteiger partial charge in [-0.15, -0.1) is 0 Å². The number of hydrogen-bond donors (Lipinski definition) is 1. The molecular formula is C14H17ClFNO2. The van der Waals surface area contributed by atoms with Crippen molar-refractivity contribution in [2.45, 2.75) is 31.7 Å². The van der Waals surface area contributed by atoms with Crippen LogP contribution in [-0.2, 0) is 0 Å². The number of aliphatic hydroxyl groups excluding tert-OH is 1. The van der Waals surface area contributed by atoms with Gasteiger partial charge in [-0.25, -0.2) is 4.39 Å². The molecule has 1 amide bonds. The number of aliphatic hydroxyl groups is 1. The molecule has 0 bridgehead atoms. The maximum atomic E-state index is 13.1. The van der Waals surface area contributed by atoms with Crippen molar-refractivity contribution < 1.29 is 14.3 Å². The Hall–Kier alpha value is -1.13. The van der Waals surface area contributed by atoms with E-state index in [1.54, 1.807) is 4.90 Å². The van der Waals surface area contributed by atoms with Crippen LogP contribution in [0.2, 0.25) is 5.02 Å². The van der Waals surface area contributed by atoms with E-state index in [9.17, 15) is 14.3 Å². The Morgan fingerprint density at radius 1 is 1.42 bits per heavy atom. The maximum absolute atomic E-state index is 13.1. The molecule has 1 fully saturated rings. The minimum Gasteiger partial charge on any atom is -0.394 e. The second-order valence-electron chi connectivity index (χ2n) is 4.81. The predicted molar refractivity (Wildman–Crippen MR) is 71.8 cm³/mol. The van der Waals surface area contributed by atoms with Crippen LogP contribution in [0.5, 0.6) is 0 Å². The Morgan fingerprint density at radius 2 is 2.21 bits per heavy atom. The molecule has 5 heteroatoms. The van der Waals surface area contributed by atoms with Crippen molar-refractivity contribution in [3.05, 3.63) is 34.6 Å². The lowest BCUT2D eigenvalue weighted by atomic mass is 10.1. The molecule has 0 radical (unpaired) electrons. The second kappa shape index (κ2) is 6.35. The first-order chi connectivity index (χ1) is 9.13. The van der Waals surface area contributed by atoms with Gasteiger partial charge in [0.15, 0.2) is 0 Å². The van der Waals surface area contributed by atoms with Crippen LogP contribution in [0.1, 0.15) is 36.0 Å². The highest BCUT2D eigenvalue weighted by Crippen LogP contribution is 2.21. The van der Waals surface area contributed by atoms with Crippen molar-refractivity contribution in [3.63, 3.8) is 0 Å². The van der Waals surface area contributed by atoms with Gasteiger partial charge in [0.2, 0.25) is 0 Å².